The van der Waals surface area contributed by atoms with E-state index in [1.807, 2.05) is 0 Å². The predicted molar refractivity (Wildman–Crippen MR) is 79.2 cm³/mol. The molecule has 1 aromatic carbocycles. The van der Waals surface area contributed by atoms with Crippen molar-refractivity contribution in [3.63, 3.8) is 0 Å². The zero-order chi connectivity index (χ0) is 13.3. The van der Waals surface area contributed by atoms with E-state index in [1.54, 1.807) is 12.1 Å². The van der Waals surface area contributed by atoms with Gasteiger partial charge in [-0.05, 0) is 58.0 Å². The summed E-state index contributed by atoms with van der Waals surface area (Å²) in [7, 11) is 0. The molecule has 1 unspecified atom stereocenters. The van der Waals surface area contributed by atoms with Gasteiger partial charge in [-0.15, -0.1) is 0 Å². The molecule has 1 aliphatic heterocycles. The van der Waals surface area contributed by atoms with E-state index >= 15 is 0 Å². The second-order valence-corrected chi connectivity index (χ2v) is 6.26. The van der Waals surface area contributed by atoms with Gasteiger partial charge in [0.15, 0.2) is 0 Å². The fourth-order valence-corrected chi connectivity index (χ4v) is 3.98. The summed E-state index contributed by atoms with van der Waals surface area (Å²) >= 11 is 6.91. The van der Waals surface area contributed by atoms with Crippen LogP contribution in [0.4, 0.5) is 11.4 Å². The summed E-state index contributed by atoms with van der Waals surface area (Å²) < 4.78 is 1.55. The number of nitro benzene ring substituents is 1. The van der Waals surface area contributed by atoms with Crippen molar-refractivity contribution in [3.05, 3.63) is 31.2 Å². The second-order valence-electron chi connectivity index (χ2n) is 4.55. The maximum Gasteiger partial charge on any atom is 0.271 e. The number of benzene rings is 1. The van der Waals surface area contributed by atoms with E-state index in [0.717, 1.165) is 27.6 Å². The number of nitrogens with zero attached hydrogens (tertiary/aromatic N) is 2. The van der Waals surface area contributed by atoms with Crippen LogP contribution >= 0.6 is 31.9 Å². The fourth-order valence-electron chi connectivity index (χ4n) is 2.36. The average molecular weight is 378 g/mol. The number of halogens is 2. The second kappa shape index (κ2) is 5.57. The van der Waals surface area contributed by atoms with Gasteiger partial charge in [0.25, 0.3) is 5.69 Å². The van der Waals surface area contributed by atoms with Crippen LogP contribution in [0, 0.1) is 10.1 Å². The number of hydrogen-bond acceptors (Lipinski definition) is 3. The normalized spacial score (nSPS) is 19.9. The lowest BCUT2D eigenvalue weighted by molar-refractivity contribution is -0.385. The predicted octanol–water partition coefficient (Wildman–Crippen LogP) is 4.50. The van der Waals surface area contributed by atoms with Gasteiger partial charge in [-0.3, -0.25) is 10.1 Å². The van der Waals surface area contributed by atoms with Crippen molar-refractivity contribution >= 4 is 43.2 Å². The highest BCUT2D eigenvalue weighted by Crippen LogP contribution is 2.40. The van der Waals surface area contributed by atoms with Gasteiger partial charge in [-0.2, -0.15) is 0 Å². The minimum atomic E-state index is -0.376. The van der Waals surface area contributed by atoms with Crippen LogP contribution in [0.1, 0.15) is 26.2 Å². The van der Waals surface area contributed by atoms with E-state index in [1.165, 1.54) is 12.8 Å². The van der Waals surface area contributed by atoms with Gasteiger partial charge in [0.2, 0.25) is 0 Å². The monoisotopic (exact) mass is 376 g/mol. The molecule has 1 heterocycles. The maximum absolute atomic E-state index is 10.8. The number of non-ortho nitro benzene ring substituents is 1. The van der Waals surface area contributed by atoms with Gasteiger partial charge in [0.1, 0.15) is 0 Å². The number of piperidine rings is 1. The summed E-state index contributed by atoms with van der Waals surface area (Å²) in [5.41, 5.74) is 1.12. The molecule has 0 amide bonds. The summed E-state index contributed by atoms with van der Waals surface area (Å²) in [5, 5.41) is 10.8. The Hall–Kier alpha value is -0.620. The Kier molecular flexibility index (Phi) is 4.27. The molecule has 4 nitrogen and oxygen atoms in total. The first-order valence-corrected chi connectivity index (χ1v) is 7.49. The highest BCUT2D eigenvalue weighted by Gasteiger charge is 2.24. The molecule has 0 N–H and O–H groups in total. The molecule has 0 aliphatic carbocycles. The molecule has 6 heteroatoms. The van der Waals surface area contributed by atoms with Crippen molar-refractivity contribution in [2.45, 2.75) is 32.2 Å². The highest BCUT2D eigenvalue weighted by atomic mass is 79.9. The van der Waals surface area contributed by atoms with Crippen LogP contribution in [0.5, 0.6) is 0 Å². The lowest BCUT2D eigenvalue weighted by Crippen LogP contribution is -2.37. The van der Waals surface area contributed by atoms with E-state index in [9.17, 15) is 10.1 Å². The minimum absolute atomic E-state index is 0.0992. The van der Waals surface area contributed by atoms with Crippen LogP contribution < -0.4 is 4.90 Å². The van der Waals surface area contributed by atoms with Crippen LogP contribution in [0.3, 0.4) is 0 Å². The third-order valence-corrected chi connectivity index (χ3v) is 4.51. The van der Waals surface area contributed by atoms with Crippen molar-refractivity contribution in [3.8, 4) is 0 Å². The Balaban J connectivity index is 2.41. The summed E-state index contributed by atoms with van der Waals surface area (Å²) in [5.74, 6) is 0. The lowest BCUT2D eigenvalue weighted by Gasteiger charge is -2.36. The molecule has 0 saturated carbocycles. The van der Waals surface area contributed by atoms with Crippen LogP contribution in [0.25, 0.3) is 0 Å². The minimum Gasteiger partial charge on any atom is -0.367 e. The van der Waals surface area contributed by atoms with Gasteiger partial charge in [-0.25, -0.2) is 0 Å². The Labute approximate surface area is 123 Å². The van der Waals surface area contributed by atoms with E-state index in [4.69, 9.17) is 0 Å². The van der Waals surface area contributed by atoms with Crippen LogP contribution in [-0.4, -0.2) is 17.5 Å². The fraction of sp³-hybridized carbons (Fsp3) is 0.500. The zero-order valence-corrected chi connectivity index (χ0v) is 13.2. The van der Waals surface area contributed by atoms with Crippen molar-refractivity contribution in [2.24, 2.45) is 0 Å². The van der Waals surface area contributed by atoms with Crippen LogP contribution in [0.15, 0.2) is 21.1 Å². The summed E-state index contributed by atoms with van der Waals surface area (Å²) in [6.45, 7) is 3.19. The Morgan fingerprint density at radius 2 is 1.94 bits per heavy atom. The molecule has 98 valence electrons. The summed E-state index contributed by atoms with van der Waals surface area (Å²) in [4.78, 5) is 12.7. The van der Waals surface area contributed by atoms with Gasteiger partial charge >= 0.3 is 0 Å². The lowest BCUT2D eigenvalue weighted by atomic mass is 10.0. The smallest absolute Gasteiger partial charge is 0.271 e. The van der Waals surface area contributed by atoms with E-state index in [0.29, 0.717) is 6.04 Å². The SMILES string of the molecule is CC1CCCCN1c1c(Br)cc([N+](=O)[O-])cc1Br. The summed E-state index contributed by atoms with van der Waals surface area (Å²) in [6, 6.07) is 3.61. The molecule has 1 aromatic rings. The molecular formula is C12H14Br2N2O2. The van der Waals surface area contributed by atoms with Crippen molar-refractivity contribution < 1.29 is 4.92 Å². The number of hydrogen-bond donors (Lipinski definition) is 0. The van der Waals surface area contributed by atoms with Crippen molar-refractivity contribution in [2.75, 3.05) is 11.4 Å². The Morgan fingerprint density at radius 1 is 1.33 bits per heavy atom. The Morgan fingerprint density at radius 3 is 2.44 bits per heavy atom. The molecule has 0 radical (unpaired) electrons. The molecular weight excluding hydrogens is 364 g/mol. The largest absolute Gasteiger partial charge is 0.367 e. The average Bonchev–Trinajstić information content (AvgIpc) is 2.30. The van der Waals surface area contributed by atoms with Gasteiger partial charge in [0.05, 0.1) is 10.6 Å². The summed E-state index contributed by atoms with van der Waals surface area (Å²) in [6.07, 6.45) is 3.58. The van der Waals surface area contributed by atoms with Crippen LogP contribution in [0.2, 0.25) is 0 Å². The zero-order valence-electron chi connectivity index (χ0n) is 10.0. The first kappa shape index (κ1) is 13.8. The number of rotatable bonds is 2. The third-order valence-electron chi connectivity index (χ3n) is 3.30. The van der Waals surface area contributed by atoms with Gasteiger partial charge < -0.3 is 4.90 Å². The molecule has 0 spiro atoms. The molecule has 0 bridgehead atoms. The van der Waals surface area contributed by atoms with Gasteiger partial charge in [0, 0.05) is 33.7 Å². The molecule has 1 atom stereocenters. The first-order chi connectivity index (χ1) is 8.50. The molecule has 1 fully saturated rings. The molecule has 2 rings (SSSR count). The van der Waals surface area contributed by atoms with Crippen LogP contribution in [-0.2, 0) is 0 Å². The maximum atomic E-state index is 10.8. The highest BCUT2D eigenvalue weighted by molar-refractivity contribution is 9.11. The first-order valence-electron chi connectivity index (χ1n) is 5.91. The van der Waals surface area contributed by atoms with Gasteiger partial charge in [-0.1, -0.05) is 0 Å². The number of nitro groups is 1. The van der Waals surface area contributed by atoms with Crippen molar-refractivity contribution in [1.29, 1.82) is 0 Å². The Bertz CT molecular complexity index is 456. The molecule has 0 aromatic heterocycles. The molecule has 1 saturated heterocycles. The topological polar surface area (TPSA) is 46.4 Å². The number of anilines is 1. The van der Waals surface area contributed by atoms with Crippen molar-refractivity contribution in [1.82, 2.24) is 0 Å². The quantitative estimate of drug-likeness (QED) is 0.563. The third kappa shape index (κ3) is 2.69. The van der Waals surface area contributed by atoms with E-state index in [2.05, 4.69) is 43.7 Å². The van der Waals surface area contributed by atoms with E-state index < -0.39 is 0 Å². The standard InChI is InChI=1S/C12H14Br2N2O2/c1-8-4-2-3-5-15(8)12-10(13)6-9(16(17)18)7-11(12)14/h6-8H,2-5H2,1H3. The molecule has 18 heavy (non-hydrogen) atoms. The van der Waals surface area contributed by atoms with E-state index in [-0.39, 0.29) is 10.6 Å². The molecule has 1 aliphatic rings.